The Hall–Kier alpha value is -3.16. The van der Waals surface area contributed by atoms with Crippen molar-refractivity contribution < 1.29 is 9.18 Å². The highest BCUT2D eigenvalue weighted by atomic mass is 35.5. The number of benzene rings is 3. The molecule has 0 N–H and O–H groups in total. The minimum absolute atomic E-state index is 0.0697. The average Bonchev–Trinajstić information content (AvgIpc) is 3.29. The largest absolute Gasteiger partial charge is 0.307 e. The molecule has 3 heterocycles. The Bertz CT molecular complexity index is 1590. The van der Waals surface area contributed by atoms with Gasteiger partial charge in [0.05, 0.1) is 0 Å². The molecule has 41 heavy (non-hydrogen) atoms. The fourth-order valence-electron chi connectivity index (χ4n) is 5.73. The Labute approximate surface area is 253 Å². The van der Waals surface area contributed by atoms with Crippen LogP contribution in [0, 0.1) is 5.82 Å². The highest BCUT2D eigenvalue weighted by Gasteiger charge is 2.46. The van der Waals surface area contributed by atoms with Crippen molar-refractivity contribution in [3.8, 4) is 0 Å². The lowest BCUT2D eigenvalue weighted by Gasteiger charge is -2.39. The summed E-state index contributed by atoms with van der Waals surface area (Å²) in [5.74, 6) is -0.318. The molecule has 0 aliphatic carbocycles. The van der Waals surface area contributed by atoms with Gasteiger partial charge in [0, 0.05) is 50.8 Å². The molecule has 2 aliphatic heterocycles. The zero-order valence-corrected chi connectivity index (χ0v) is 24.6. The summed E-state index contributed by atoms with van der Waals surface area (Å²) in [6, 6.07) is 24.1. The molecule has 0 radical (unpaired) electrons. The monoisotopic (exact) mass is 603 g/mol. The quantitative estimate of drug-likeness (QED) is 0.207. The molecule has 2 aliphatic rings. The molecule has 0 atom stereocenters. The second kappa shape index (κ2) is 12.0. The second-order valence-corrected chi connectivity index (χ2v) is 12.5. The van der Waals surface area contributed by atoms with Crippen LogP contribution in [0.25, 0.3) is 6.08 Å². The van der Waals surface area contributed by atoms with Gasteiger partial charge in [-0.1, -0.05) is 59.2 Å². The van der Waals surface area contributed by atoms with Gasteiger partial charge in [0.15, 0.2) is 0 Å². The molecule has 0 saturated carbocycles. The zero-order valence-electron chi connectivity index (χ0n) is 22.3. The highest BCUT2D eigenvalue weighted by Crippen LogP contribution is 2.49. The van der Waals surface area contributed by atoms with Crippen LogP contribution in [-0.4, -0.2) is 42.0 Å². The number of likely N-dealkylation sites (tertiary alicyclic amines) is 1. The molecule has 8 heteroatoms. The van der Waals surface area contributed by atoms with Crippen molar-refractivity contribution in [3.05, 3.63) is 124 Å². The first-order valence-electron chi connectivity index (χ1n) is 13.5. The van der Waals surface area contributed by atoms with Gasteiger partial charge >= 0.3 is 0 Å². The number of carbonyl (C=O) groups excluding carboxylic acids is 1. The smallest absolute Gasteiger partial charge is 0.258 e. The maximum Gasteiger partial charge on any atom is 0.258 e. The summed E-state index contributed by atoms with van der Waals surface area (Å²) < 4.78 is 13.5. The van der Waals surface area contributed by atoms with Gasteiger partial charge in [0.1, 0.15) is 11.0 Å². The number of rotatable bonds is 6. The Kier molecular flexibility index (Phi) is 8.18. The molecule has 0 unspecified atom stereocenters. The molecule has 4 aromatic rings. The van der Waals surface area contributed by atoms with Crippen molar-refractivity contribution in [2.45, 2.75) is 28.0 Å². The number of halogens is 3. The number of anilines is 1. The first-order valence-corrected chi connectivity index (χ1v) is 15.1. The third-order valence-corrected chi connectivity index (χ3v) is 9.37. The molecule has 1 saturated heterocycles. The minimum Gasteiger partial charge on any atom is -0.307 e. The fraction of sp³-hybridized carbons (Fsp3) is 0.212. The Morgan fingerprint density at radius 2 is 1.68 bits per heavy atom. The standard InChI is InChI=1S/C33H28Cl2FN3OS/c34-25-5-3-23(4-6-25)2-1-17-38-18-14-33(15-19-38)22-39(32(40)24-13-16-37-31(35)20-24)30-12-11-28(21-29(30)33)41-27-9-7-26(36)8-10-27/h1-13,16,20-21H,14-15,17-19,22H2. The van der Waals surface area contributed by atoms with E-state index in [1.165, 1.54) is 17.7 Å². The molecule has 1 spiro atoms. The van der Waals surface area contributed by atoms with E-state index in [0.717, 1.165) is 58.5 Å². The van der Waals surface area contributed by atoms with Gasteiger partial charge in [-0.3, -0.25) is 9.69 Å². The highest BCUT2D eigenvalue weighted by molar-refractivity contribution is 7.99. The lowest BCUT2D eigenvalue weighted by Crippen LogP contribution is -2.46. The SMILES string of the molecule is O=C(c1ccnc(Cl)c1)N1CC2(CCN(CC=Cc3ccc(Cl)cc3)CC2)c2cc(Sc3ccc(F)cc3)ccc21. The molecule has 208 valence electrons. The molecule has 1 aromatic heterocycles. The van der Waals surface area contributed by atoms with Crippen LogP contribution in [0.4, 0.5) is 10.1 Å². The second-order valence-electron chi connectivity index (χ2n) is 10.5. The van der Waals surface area contributed by atoms with Gasteiger partial charge in [-0.2, -0.15) is 0 Å². The number of aromatic nitrogens is 1. The van der Waals surface area contributed by atoms with Crippen LogP contribution in [0.2, 0.25) is 10.2 Å². The maximum absolute atomic E-state index is 13.7. The number of hydrogen-bond acceptors (Lipinski definition) is 4. The van der Waals surface area contributed by atoms with E-state index in [4.69, 9.17) is 23.2 Å². The zero-order chi connectivity index (χ0) is 28.4. The molecule has 1 fully saturated rings. The molecule has 1 amide bonds. The Balaban J connectivity index is 1.24. The van der Waals surface area contributed by atoms with Crippen LogP contribution in [0.3, 0.4) is 0 Å². The first-order chi connectivity index (χ1) is 19.9. The third-order valence-electron chi connectivity index (χ3n) is 7.92. The first kappa shape index (κ1) is 28.0. The van der Waals surface area contributed by atoms with Gasteiger partial charge in [0.25, 0.3) is 5.91 Å². The Morgan fingerprint density at radius 1 is 0.951 bits per heavy atom. The van der Waals surface area contributed by atoms with Gasteiger partial charge in [-0.25, -0.2) is 9.37 Å². The van der Waals surface area contributed by atoms with Crippen molar-refractivity contribution in [1.29, 1.82) is 0 Å². The van der Waals surface area contributed by atoms with Gasteiger partial charge < -0.3 is 4.90 Å². The van der Waals surface area contributed by atoms with Crippen LogP contribution in [-0.2, 0) is 5.41 Å². The predicted octanol–water partition coefficient (Wildman–Crippen LogP) is 8.39. The van der Waals surface area contributed by atoms with Gasteiger partial charge in [-0.05, 0) is 104 Å². The summed E-state index contributed by atoms with van der Waals surface area (Å²) >= 11 is 13.7. The van der Waals surface area contributed by atoms with Crippen molar-refractivity contribution in [3.63, 3.8) is 0 Å². The molecular weight excluding hydrogens is 576 g/mol. The number of piperidine rings is 1. The molecule has 6 rings (SSSR count). The summed E-state index contributed by atoms with van der Waals surface area (Å²) in [6.45, 7) is 3.36. The summed E-state index contributed by atoms with van der Waals surface area (Å²) in [7, 11) is 0. The molecule has 4 nitrogen and oxygen atoms in total. The number of hydrogen-bond donors (Lipinski definition) is 0. The summed E-state index contributed by atoms with van der Waals surface area (Å²) in [4.78, 5) is 24.2. The van der Waals surface area contributed by atoms with Crippen molar-refractivity contribution in [2.75, 3.05) is 31.1 Å². The van der Waals surface area contributed by atoms with Crippen molar-refractivity contribution in [2.24, 2.45) is 0 Å². The van der Waals surface area contributed by atoms with E-state index in [1.807, 2.05) is 35.2 Å². The normalized spacial score (nSPS) is 16.4. The van der Waals surface area contributed by atoms with Crippen molar-refractivity contribution >= 4 is 52.6 Å². The third kappa shape index (κ3) is 6.21. The number of pyridine rings is 1. The lowest BCUT2D eigenvalue weighted by molar-refractivity contribution is 0.0977. The van der Waals surface area contributed by atoms with E-state index < -0.39 is 0 Å². The van der Waals surface area contributed by atoms with Gasteiger partial charge in [-0.15, -0.1) is 0 Å². The summed E-state index contributed by atoms with van der Waals surface area (Å²) in [5, 5.41) is 1.04. The summed E-state index contributed by atoms with van der Waals surface area (Å²) in [6.07, 6.45) is 7.79. The fourth-order valence-corrected chi connectivity index (χ4v) is 6.88. The average molecular weight is 605 g/mol. The van der Waals surface area contributed by atoms with Crippen molar-refractivity contribution in [1.82, 2.24) is 9.88 Å². The number of amides is 1. The number of fused-ring (bicyclic) bond motifs is 2. The Morgan fingerprint density at radius 3 is 2.41 bits per heavy atom. The molecular formula is C33H28Cl2FN3OS. The molecule has 3 aromatic carbocycles. The van der Waals surface area contributed by atoms with Crippen LogP contribution >= 0.6 is 35.0 Å². The van der Waals surface area contributed by atoms with Crippen LogP contribution in [0.5, 0.6) is 0 Å². The topological polar surface area (TPSA) is 36.4 Å². The lowest BCUT2D eigenvalue weighted by atomic mass is 9.74. The van der Waals surface area contributed by atoms with E-state index >= 15 is 0 Å². The summed E-state index contributed by atoms with van der Waals surface area (Å²) in [5.41, 5.74) is 3.67. The molecule has 0 bridgehead atoms. The van der Waals surface area contributed by atoms with E-state index in [-0.39, 0.29) is 17.1 Å². The van der Waals surface area contributed by atoms with E-state index in [2.05, 4.69) is 34.2 Å². The van der Waals surface area contributed by atoms with Gasteiger partial charge in [0.2, 0.25) is 0 Å². The predicted molar refractivity (Wildman–Crippen MR) is 166 cm³/mol. The van der Waals surface area contributed by atoms with E-state index in [0.29, 0.717) is 17.3 Å². The van der Waals surface area contributed by atoms with Crippen LogP contribution < -0.4 is 4.90 Å². The maximum atomic E-state index is 13.7. The van der Waals surface area contributed by atoms with Crippen LogP contribution in [0.1, 0.15) is 34.3 Å². The minimum atomic E-state index is -0.248. The van der Waals surface area contributed by atoms with E-state index in [1.54, 1.807) is 42.2 Å². The number of nitrogens with zero attached hydrogens (tertiary/aromatic N) is 3. The number of carbonyl (C=O) groups is 1. The van der Waals surface area contributed by atoms with E-state index in [9.17, 15) is 9.18 Å². The van der Waals surface area contributed by atoms with Crippen LogP contribution in [0.15, 0.2) is 101 Å².